The van der Waals surface area contributed by atoms with Crippen LogP contribution in [0.1, 0.15) is 43.7 Å². The van der Waals surface area contributed by atoms with Gasteiger partial charge in [-0.25, -0.2) is 4.39 Å². The largest absolute Gasteiger partial charge is 0.354 e. The summed E-state index contributed by atoms with van der Waals surface area (Å²) in [5, 5.41) is 2.85. The molecule has 1 saturated heterocycles. The van der Waals surface area contributed by atoms with E-state index in [1.807, 2.05) is 25.1 Å². The number of carbonyl (C=O) groups excluding carboxylic acids is 3. The van der Waals surface area contributed by atoms with E-state index in [9.17, 15) is 18.8 Å². The Labute approximate surface area is 165 Å². The predicted octanol–water partition coefficient (Wildman–Crippen LogP) is 2.11. The number of halogens is 1. The fourth-order valence-corrected chi connectivity index (χ4v) is 4.28. The molecule has 0 aromatic heterocycles. The first kappa shape index (κ1) is 20.5. The first-order valence-corrected chi connectivity index (χ1v) is 9.92. The highest BCUT2D eigenvalue weighted by Gasteiger charge is 2.47. The minimum absolute atomic E-state index is 0.0836. The van der Waals surface area contributed by atoms with Gasteiger partial charge in [-0.3, -0.25) is 19.3 Å². The van der Waals surface area contributed by atoms with Gasteiger partial charge in [0.15, 0.2) is 0 Å². The molecule has 1 aromatic rings. The highest BCUT2D eigenvalue weighted by Crippen LogP contribution is 2.37. The molecule has 1 heterocycles. The summed E-state index contributed by atoms with van der Waals surface area (Å²) in [6, 6.07) is 6.14. The maximum absolute atomic E-state index is 13.5. The Morgan fingerprint density at radius 3 is 2.43 bits per heavy atom. The van der Waals surface area contributed by atoms with Crippen molar-refractivity contribution >= 4 is 17.7 Å². The molecule has 0 spiro atoms. The third kappa shape index (κ3) is 4.41. The molecule has 3 unspecified atom stereocenters. The normalized spacial score (nSPS) is 23.1. The summed E-state index contributed by atoms with van der Waals surface area (Å²) < 4.78 is 13.5. The summed E-state index contributed by atoms with van der Waals surface area (Å²) in [5.74, 6) is -1.14. The number of rotatable bonds is 7. The summed E-state index contributed by atoms with van der Waals surface area (Å²) in [5.41, 5.74) is 0.777. The molecular weight excluding hydrogens is 361 g/mol. The molecule has 0 bridgehead atoms. The summed E-state index contributed by atoms with van der Waals surface area (Å²) in [6.07, 6.45) is 3.60. The van der Waals surface area contributed by atoms with E-state index in [0.717, 1.165) is 31.2 Å². The van der Waals surface area contributed by atoms with Gasteiger partial charge in [-0.2, -0.15) is 0 Å². The van der Waals surface area contributed by atoms with Crippen molar-refractivity contribution in [1.82, 2.24) is 15.1 Å². The molecule has 1 aliphatic carbocycles. The lowest BCUT2D eigenvalue weighted by Crippen LogP contribution is -2.38. The van der Waals surface area contributed by atoms with Crippen LogP contribution in [0.3, 0.4) is 0 Å². The van der Waals surface area contributed by atoms with Crippen LogP contribution in [-0.4, -0.2) is 54.7 Å². The first-order chi connectivity index (χ1) is 13.4. The van der Waals surface area contributed by atoms with Crippen molar-refractivity contribution in [3.8, 4) is 0 Å². The molecule has 152 valence electrons. The molecule has 0 radical (unpaired) electrons. The number of carbonyl (C=O) groups is 3. The van der Waals surface area contributed by atoms with Crippen LogP contribution < -0.4 is 5.32 Å². The number of amides is 3. The maximum Gasteiger partial charge on any atom is 0.233 e. The number of nitrogens with one attached hydrogen (secondary N) is 1. The molecular formula is C21H28FN3O3. The fourth-order valence-electron chi connectivity index (χ4n) is 4.28. The molecule has 1 saturated carbocycles. The molecule has 3 amide bonds. The maximum atomic E-state index is 13.5. The number of benzene rings is 1. The number of hydrogen-bond acceptors (Lipinski definition) is 4. The molecule has 2 aliphatic rings. The van der Waals surface area contributed by atoms with E-state index in [2.05, 4.69) is 5.32 Å². The second kappa shape index (κ2) is 8.82. The minimum atomic E-state index is -0.316. The summed E-state index contributed by atoms with van der Waals surface area (Å²) >= 11 is 0. The molecule has 7 heteroatoms. The minimum Gasteiger partial charge on any atom is -0.354 e. The highest BCUT2D eigenvalue weighted by molar-refractivity contribution is 6.05. The lowest BCUT2D eigenvalue weighted by atomic mass is 9.81. The molecule has 6 nitrogen and oxygen atoms in total. The smallest absolute Gasteiger partial charge is 0.233 e. The number of fused-ring (bicyclic) bond motifs is 1. The lowest BCUT2D eigenvalue weighted by Gasteiger charge is -2.25. The van der Waals surface area contributed by atoms with E-state index < -0.39 is 0 Å². The van der Waals surface area contributed by atoms with Crippen LogP contribution in [0.4, 0.5) is 4.39 Å². The zero-order valence-electron chi connectivity index (χ0n) is 16.5. The highest BCUT2D eigenvalue weighted by atomic mass is 19.1. The second-order valence-corrected chi connectivity index (χ2v) is 7.91. The Hall–Kier alpha value is -2.28. The van der Waals surface area contributed by atoms with Crippen LogP contribution in [0.15, 0.2) is 24.3 Å². The number of nitrogens with zero attached hydrogens (tertiary/aromatic N) is 2. The van der Waals surface area contributed by atoms with E-state index in [1.54, 1.807) is 6.07 Å². The molecule has 1 N–H and O–H groups in total. The molecule has 28 heavy (non-hydrogen) atoms. The van der Waals surface area contributed by atoms with Crippen LogP contribution in [0.5, 0.6) is 0 Å². The van der Waals surface area contributed by atoms with Crippen molar-refractivity contribution < 1.29 is 18.8 Å². The zero-order valence-corrected chi connectivity index (χ0v) is 16.5. The van der Waals surface area contributed by atoms with Gasteiger partial charge in [0.05, 0.1) is 17.9 Å². The number of likely N-dealkylation sites (N-methyl/N-ethyl adjacent to an activating group) is 1. The Balaban J connectivity index is 1.52. The number of hydrogen-bond donors (Lipinski definition) is 1. The van der Waals surface area contributed by atoms with Crippen LogP contribution in [0.25, 0.3) is 0 Å². The Morgan fingerprint density at radius 2 is 1.86 bits per heavy atom. The van der Waals surface area contributed by atoms with Crippen molar-refractivity contribution in [2.75, 3.05) is 27.2 Å². The monoisotopic (exact) mass is 389 g/mol. The van der Waals surface area contributed by atoms with E-state index >= 15 is 0 Å². The van der Waals surface area contributed by atoms with Crippen LogP contribution in [0.2, 0.25) is 0 Å². The standard InChI is InChI=1S/C21H28FN3O3/c1-24(2)18(14-6-5-7-15(22)12-14)13-23-19(26)10-11-25-20(27)16-8-3-4-9-17(16)21(25)28/h5-7,12,16-18H,3-4,8-11,13H2,1-2H3,(H,23,26). The first-order valence-electron chi connectivity index (χ1n) is 9.92. The van der Waals surface area contributed by atoms with E-state index in [1.165, 1.54) is 17.0 Å². The van der Waals surface area contributed by atoms with Gasteiger partial charge in [0, 0.05) is 19.5 Å². The molecule has 1 aliphatic heterocycles. The number of likely N-dealkylation sites (tertiary alicyclic amines) is 1. The Kier molecular flexibility index (Phi) is 6.44. The predicted molar refractivity (Wildman–Crippen MR) is 103 cm³/mol. The van der Waals surface area contributed by atoms with Gasteiger partial charge < -0.3 is 10.2 Å². The lowest BCUT2D eigenvalue weighted by molar-refractivity contribution is -0.140. The summed E-state index contributed by atoms with van der Waals surface area (Å²) in [4.78, 5) is 40.4. The average molecular weight is 389 g/mol. The van der Waals surface area contributed by atoms with Gasteiger partial charge in [0.1, 0.15) is 5.82 Å². The third-order valence-corrected chi connectivity index (χ3v) is 5.84. The Morgan fingerprint density at radius 1 is 1.21 bits per heavy atom. The summed E-state index contributed by atoms with van der Waals surface area (Å²) in [7, 11) is 3.73. The van der Waals surface area contributed by atoms with E-state index in [4.69, 9.17) is 0 Å². The van der Waals surface area contributed by atoms with Gasteiger partial charge in [-0.05, 0) is 44.6 Å². The molecule has 2 fully saturated rings. The van der Waals surface area contributed by atoms with Crippen molar-refractivity contribution in [3.05, 3.63) is 35.6 Å². The van der Waals surface area contributed by atoms with Gasteiger partial charge in [0.25, 0.3) is 0 Å². The number of imide groups is 1. The quantitative estimate of drug-likeness (QED) is 0.725. The van der Waals surface area contributed by atoms with Crippen LogP contribution >= 0.6 is 0 Å². The van der Waals surface area contributed by atoms with Gasteiger partial charge >= 0.3 is 0 Å². The average Bonchev–Trinajstić information content (AvgIpc) is 2.91. The molecule has 1 aromatic carbocycles. The van der Waals surface area contributed by atoms with Crippen molar-refractivity contribution in [1.29, 1.82) is 0 Å². The SMILES string of the molecule is CN(C)C(CNC(=O)CCN1C(=O)C2CCCCC2C1=O)c1cccc(F)c1. The zero-order chi connectivity index (χ0) is 20.3. The van der Waals surface area contributed by atoms with Crippen LogP contribution in [-0.2, 0) is 14.4 Å². The van der Waals surface area contributed by atoms with Crippen molar-refractivity contribution in [2.24, 2.45) is 11.8 Å². The molecule has 3 rings (SSSR count). The van der Waals surface area contributed by atoms with Gasteiger partial charge in [-0.1, -0.05) is 25.0 Å². The van der Waals surface area contributed by atoms with Gasteiger partial charge in [-0.15, -0.1) is 0 Å². The van der Waals surface area contributed by atoms with Gasteiger partial charge in [0.2, 0.25) is 17.7 Å². The topological polar surface area (TPSA) is 69.7 Å². The van der Waals surface area contributed by atoms with Crippen molar-refractivity contribution in [2.45, 2.75) is 38.1 Å². The second-order valence-electron chi connectivity index (χ2n) is 7.91. The summed E-state index contributed by atoms with van der Waals surface area (Å²) in [6.45, 7) is 0.450. The van der Waals surface area contributed by atoms with Crippen molar-refractivity contribution in [3.63, 3.8) is 0 Å². The third-order valence-electron chi connectivity index (χ3n) is 5.84. The van der Waals surface area contributed by atoms with Crippen LogP contribution in [0, 0.1) is 17.7 Å². The Bertz CT molecular complexity index is 728. The van der Waals surface area contributed by atoms with E-state index in [0.29, 0.717) is 6.54 Å². The van der Waals surface area contributed by atoms with E-state index in [-0.39, 0.29) is 54.4 Å². The molecule has 3 atom stereocenters. The fraction of sp³-hybridized carbons (Fsp3) is 0.571.